The molecular formula is C8H10ClN3O2. The van der Waals surface area contributed by atoms with E-state index in [0.717, 1.165) is 5.69 Å². The number of H-pyrrole nitrogens is 1. The predicted octanol–water partition coefficient (Wildman–Crippen LogP) is 0.00750. The lowest BCUT2D eigenvalue weighted by atomic mass is 10.2. The topological polar surface area (TPSA) is 78.0 Å². The number of hydrogen-bond donors (Lipinski definition) is 3. The zero-order chi connectivity index (χ0) is 9.68. The van der Waals surface area contributed by atoms with Crippen molar-refractivity contribution in [2.45, 2.75) is 12.5 Å². The lowest BCUT2D eigenvalue weighted by Gasteiger charge is -2.08. The number of carboxylic acid groups (broad SMARTS) is 1. The Morgan fingerprint density at radius 1 is 1.86 bits per heavy atom. The molecule has 1 heterocycles. The minimum absolute atomic E-state index is 0. The van der Waals surface area contributed by atoms with Crippen molar-refractivity contribution in [2.75, 3.05) is 0 Å². The lowest BCUT2D eigenvalue weighted by Crippen LogP contribution is -2.35. The Bertz CT molecular complexity index is 318. The van der Waals surface area contributed by atoms with Gasteiger partial charge in [-0.15, -0.1) is 12.4 Å². The van der Waals surface area contributed by atoms with Gasteiger partial charge in [0.15, 0.2) is 0 Å². The number of aromatic amines is 1. The van der Waals surface area contributed by atoms with Crippen molar-refractivity contribution in [1.82, 2.24) is 15.3 Å². The molecule has 1 unspecified atom stereocenters. The fourth-order valence-electron chi connectivity index (χ4n) is 0.917. The molecule has 1 aromatic rings. The van der Waals surface area contributed by atoms with Gasteiger partial charge in [-0.25, -0.2) is 9.78 Å². The summed E-state index contributed by atoms with van der Waals surface area (Å²) in [7, 11) is 0. The molecule has 76 valence electrons. The molecule has 0 saturated heterocycles. The second-order valence-corrected chi connectivity index (χ2v) is 2.46. The van der Waals surface area contributed by atoms with Crippen LogP contribution in [0.2, 0.25) is 0 Å². The number of terminal acetylenes is 1. The van der Waals surface area contributed by atoms with Crippen molar-refractivity contribution >= 4 is 18.4 Å². The zero-order valence-corrected chi connectivity index (χ0v) is 8.04. The number of carboxylic acids is 1. The molecule has 0 fully saturated rings. The summed E-state index contributed by atoms with van der Waals surface area (Å²) in [6.45, 7) is 0. The molecule has 0 amide bonds. The fraction of sp³-hybridized carbons (Fsp3) is 0.250. The predicted molar refractivity (Wildman–Crippen MR) is 52.9 cm³/mol. The van der Waals surface area contributed by atoms with Crippen molar-refractivity contribution < 1.29 is 9.90 Å². The molecule has 14 heavy (non-hydrogen) atoms. The standard InChI is InChI=1S/C8H9N3O2.ClH/c1-2-10-7(8(12)13)3-6-4-9-5-11-6;/h1,4-5,7,10H,3H2,(H,9,11)(H,12,13);1H. The average molecular weight is 216 g/mol. The molecule has 0 aliphatic carbocycles. The summed E-state index contributed by atoms with van der Waals surface area (Å²) in [6, 6.07) is 1.32. The highest BCUT2D eigenvalue weighted by atomic mass is 35.5. The van der Waals surface area contributed by atoms with Gasteiger partial charge in [0.25, 0.3) is 0 Å². The number of imidazole rings is 1. The van der Waals surface area contributed by atoms with Gasteiger partial charge in [0, 0.05) is 24.4 Å². The van der Waals surface area contributed by atoms with Crippen molar-refractivity contribution in [3.63, 3.8) is 0 Å². The van der Waals surface area contributed by atoms with Crippen LogP contribution in [-0.4, -0.2) is 27.1 Å². The molecule has 1 rings (SSSR count). The van der Waals surface area contributed by atoms with Crippen LogP contribution in [0.1, 0.15) is 5.69 Å². The minimum atomic E-state index is -0.979. The van der Waals surface area contributed by atoms with E-state index < -0.39 is 12.0 Å². The van der Waals surface area contributed by atoms with Gasteiger partial charge in [-0.3, -0.25) is 0 Å². The molecule has 0 spiro atoms. The van der Waals surface area contributed by atoms with Crippen LogP contribution in [0, 0.1) is 12.5 Å². The van der Waals surface area contributed by atoms with E-state index in [-0.39, 0.29) is 12.4 Å². The van der Waals surface area contributed by atoms with Crippen molar-refractivity contribution in [1.29, 1.82) is 0 Å². The number of nitrogens with one attached hydrogen (secondary N) is 2. The highest BCUT2D eigenvalue weighted by Gasteiger charge is 2.16. The highest BCUT2D eigenvalue weighted by Crippen LogP contribution is 1.97. The first-order chi connectivity index (χ1) is 6.24. The summed E-state index contributed by atoms with van der Waals surface area (Å²) < 4.78 is 0. The molecule has 0 radical (unpaired) electrons. The molecule has 3 N–H and O–H groups in total. The maximum atomic E-state index is 10.6. The summed E-state index contributed by atoms with van der Waals surface area (Å²) in [6.07, 6.45) is 8.29. The van der Waals surface area contributed by atoms with Gasteiger partial charge in [-0.2, -0.15) is 0 Å². The Labute approximate surface area is 87.3 Å². The van der Waals surface area contributed by atoms with E-state index in [1.807, 2.05) is 0 Å². The normalized spacial score (nSPS) is 10.8. The van der Waals surface area contributed by atoms with Gasteiger partial charge < -0.3 is 15.4 Å². The first kappa shape index (κ1) is 12.3. The number of rotatable bonds is 4. The van der Waals surface area contributed by atoms with Crippen LogP contribution in [0.3, 0.4) is 0 Å². The second-order valence-electron chi connectivity index (χ2n) is 2.46. The molecule has 6 heteroatoms. The molecule has 0 saturated carbocycles. The Morgan fingerprint density at radius 2 is 2.57 bits per heavy atom. The zero-order valence-electron chi connectivity index (χ0n) is 7.23. The van der Waals surface area contributed by atoms with Crippen LogP contribution in [0.25, 0.3) is 0 Å². The third kappa shape index (κ3) is 3.37. The van der Waals surface area contributed by atoms with Gasteiger partial charge in [0.2, 0.25) is 0 Å². The highest BCUT2D eigenvalue weighted by molar-refractivity contribution is 5.85. The molecule has 0 aliphatic heterocycles. The number of nitrogens with zero attached hydrogens (tertiary/aromatic N) is 1. The third-order valence-corrected chi connectivity index (χ3v) is 1.53. The lowest BCUT2D eigenvalue weighted by molar-refractivity contribution is -0.139. The van der Waals surface area contributed by atoms with E-state index in [1.165, 1.54) is 6.33 Å². The largest absolute Gasteiger partial charge is 0.480 e. The third-order valence-electron chi connectivity index (χ3n) is 1.53. The maximum Gasteiger partial charge on any atom is 0.327 e. The summed E-state index contributed by atoms with van der Waals surface area (Å²) in [4.78, 5) is 17.2. The number of hydrogen-bond acceptors (Lipinski definition) is 3. The summed E-state index contributed by atoms with van der Waals surface area (Å²) in [5, 5.41) is 11.1. The Morgan fingerprint density at radius 3 is 3.00 bits per heavy atom. The van der Waals surface area contributed by atoms with Crippen molar-refractivity contribution in [3.05, 3.63) is 18.2 Å². The first-order valence-corrected chi connectivity index (χ1v) is 3.65. The Hall–Kier alpha value is -1.67. The quantitative estimate of drug-likeness (QED) is 0.488. The van der Waals surface area contributed by atoms with Gasteiger partial charge >= 0.3 is 5.97 Å². The number of carbonyl (C=O) groups is 1. The van der Waals surface area contributed by atoms with Crippen molar-refractivity contribution in [3.8, 4) is 12.5 Å². The average Bonchev–Trinajstić information content (AvgIpc) is 2.56. The SMILES string of the molecule is C#CNC(Cc1cnc[nH]1)C(=O)O.Cl. The monoisotopic (exact) mass is 215 g/mol. The molecule has 5 nitrogen and oxygen atoms in total. The number of aliphatic carboxylic acids is 1. The molecule has 0 bridgehead atoms. The molecule has 0 aliphatic rings. The maximum absolute atomic E-state index is 10.6. The molecular weight excluding hydrogens is 206 g/mol. The fourth-order valence-corrected chi connectivity index (χ4v) is 0.917. The van der Waals surface area contributed by atoms with E-state index in [0.29, 0.717) is 6.42 Å². The van der Waals surface area contributed by atoms with E-state index in [1.54, 1.807) is 6.20 Å². The van der Waals surface area contributed by atoms with Crippen molar-refractivity contribution in [2.24, 2.45) is 0 Å². The Kier molecular flexibility index (Phi) is 5.19. The van der Waals surface area contributed by atoms with Crippen LogP contribution in [0.4, 0.5) is 0 Å². The van der Waals surface area contributed by atoms with Crippen LogP contribution in [0.15, 0.2) is 12.5 Å². The smallest absolute Gasteiger partial charge is 0.327 e. The van der Waals surface area contributed by atoms with Crippen LogP contribution >= 0.6 is 12.4 Å². The summed E-state index contributed by atoms with van der Waals surface area (Å²) in [5.74, 6) is -0.979. The minimum Gasteiger partial charge on any atom is -0.480 e. The molecule has 1 aromatic heterocycles. The van der Waals surface area contributed by atoms with Crippen LogP contribution in [0.5, 0.6) is 0 Å². The van der Waals surface area contributed by atoms with Crippen LogP contribution < -0.4 is 5.32 Å². The van der Waals surface area contributed by atoms with E-state index >= 15 is 0 Å². The van der Waals surface area contributed by atoms with E-state index in [2.05, 4.69) is 21.3 Å². The second kappa shape index (κ2) is 5.89. The summed E-state index contributed by atoms with van der Waals surface area (Å²) in [5.41, 5.74) is 0.732. The van der Waals surface area contributed by atoms with E-state index in [4.69, 9.17) is 11.5 Å². The van der Waals surface area contributed by atoms with Gasteiger partial charge in [-0.05, 0) is 0 Å². The Balaban J connectivity index is 0.00000169. The number of halogens is 1. The molecule has 1 atom stereocenters. The number of aromatic nitrogens is 2. The van der Waals surface area contributed by atoms with E-state index in [9.17, 15) is 4.79 Å². The van der Waals surface area contributed by atoms with Gasteiger partial charge in [-0.1, -0.05) is 6.42 Å². The van der Waals surface area contributed by atoms with Gasteiger partial charge in [0.1, 0.15) is 6.04 Å². The van der Waals surface area contributed by atoms with Crippen LogP contribution in [-0.2, 0) is 11.2 Å². The first-order valence-electron chi connectivity index (χ1n) is 3.65. The summed E-state index contributed by atoms with van der Waals surface area (Å²) >= 11 is 0. The molecule has 0 aromatic carbocycles. The van der Waals surface area contributed by atoms with Gasteiger partial charge in [0.05, 0.1) is 6.33 Å².